The zero-order valence-corrected chi connectivity index (χ0v) is 11.2. The zero-order chi connectivity index (χ0) is 8.56. The van der Waals surface area contributed by atoms with Crippen LogP contribution in [0, 0.1) is 0 Å². The van der Waals surface area contributed by atoms with E-state index >= 15 is 0 Å². The van der Waals surface area contributed by atoms with Crippen molar-refractivity contribution < 1.29 is 10.6 Å². The number of hydrogen-bond acceptors (Lipinski definition) is 0. The summed E-state index contributed by atoms with van der Waals surface area (Å²) in [6.07, 6.45) is 5.62. The van der Waals surface area contributed by atoms with Gasteiger partial charge in [0.15, 0.2) is 0 Å². The molecule has 1 fully saturated rings. The van der Waals surface area contributed by atoms with Crippen LogP contribution >= 0.6 is 37.7 Å². The normalized spacial score (nSPS) is 26.0. The predicted molar refractivity (Wildman–Crippen MR) is 50.2 cm³/mol. The Kier molecular flexibility index (Phi) is 3.52. The summed E-state index contributed by atoms with van der Waals surface area (Å²) in [6.45, 7) is 0. The molecule has 0 bridgehead atoms. The first-order valence-corrected chi connectivity index (χ1v) is 16.1. The van der Waals surface area contributed by atoms with Crippen LogP contribution in [-0.2, 0) is 10.6 Å². The number of hydrogen-bond donors (Lipinski definition) is 0. The standard InChI is InChI=1S/C6H11.4ClH.Pt/c1-2-4-6-5-3-1;;;;;/h1H,2-6H2;4*1H;/q;;;;;+4/p-4. The zero-order valence-electron chi connectivity index (χ0n) is 5.94. The van der Waals surface area contributed by atoms with Gasteiger partial charge in [0.1, 0.15) is 0 Å². The fraction of sp³-hybridized carbons (Fsp3) is 1.00. The molecule has 0 saturated heterocycles. The van der Waals surface area contributed by atoms with Gasteiger partial charge in [-0.1, -0.05) is 0 Å². The molecule has 0 aromatic heterocycles. The summed E-state index contributed by atoms with van der Waals surface area (Å²) in [7, 11) is 19.9. The second kappa shape index (κ2) is 3.54. The van der Waals surface area contributed by atoms with Crippen molar-refractivity contribution in [2.24, 2.45) is 0 Å². The van der Waals surface area contributed by atoms with Gasteiger partial charge in [-0.15, -0.1) is 0 Å². The molecule has 1 aliphatic rings. The molecule has 0 radical (unpaired) electrons. The van der Waals surface area contributed by atoms with E-state index in [2.05, 4.69) is 0 Å². The average molecular weight is 420 g/mol. The minimum atomic E-state index is -3.91. The van der Waals surface area contributed by atoms with Crippen molar-refractivity contribution >= 4 is 37.7 Å². The molecule has 73 valence electrons. The Labute approximate surface area is 84.1 Å². The Morgan fingerprint density at radius 1 is 0.818 bits per heavy atom. The van der Waals surface area contributed by atoms with E-state index in [1.165, 1.54) is 19.3 Å². The molecule has 0 heterocycles. The van der Waals surface area contributed by atoms with Crippen LogP contribution in [0.4, 0.5) is 0 Å². The summed E-state index contributed by atoms with van der Waals surface area (Å²) in [5.74, 6) is 0. The van der Waals surface area contributed by atoms with Crippen LogP contribution in [-0.4, -0.2) is 0 Å². The van der Waals surface area contributed by atoms with Crippen LogP contribution < -0.4 is 0 Å². The van der Waals surface area contributed by atoms with Gasteiger partial charge >= 0.3 is 84.7 Å². The molecule has 0 N–H and O–H groups in total. The summed E-state index contributed by atoms with van der Waals surface area (Å²) in [5.41, 5.74) is 0. The topological polar surface area (TPSA) is 0 Å². The van der Waals surface area contributed by atoms with E-state index in [0.29, 0.717) is 0 Å². The van der Waals surface area contributed by atoms with Crippen LogP contribution in [0.1, 0.15) is 32.1 Å². The summed E-state index contributed by atoms with van der Waals surface area (Å²) >= 11 is 0. The second-order valence-electron chi connectivity index (χ2n) is 2.73. The van der Waals surface area contributed by atoms with Crippen molar-refractivity contribution in [2.45, 2.75) is 36.4 Å². The summed E-state index contributed by atoms with van der Waals surface area (Å²) in [6, 6.07) is 0. The monoisotopic (exact) mass is 418 g/mol. The van der Waals surface area contributed by atoms with Gasteiger partial charge < -0.3 is 0 Å². The molecule has 0 spiro atoms. The SMILES string of the molecule is [Cl][Pt]([Cl])([Cl])([Cl])[CH]1CCCCC1. The van der Waals surface area contributed by atoms with Crippen LogP contribution in [0.25, 0.3) is 0 Å². The molecule has 0 unspecified atom stereocenters. The number of rotatable bonds is 1. The fourth-order valence-electron chi connectivity index (χ4n) is 1.30. The Hall–Kier alpha value is 1.85. The Balaban J connectivity index is 2.59. The van der Waals surface area contributed by atoms with Crippen molar-refractivity contribution in [1.29, 1.82) is 0 Å². The minimum absolute atomic E-state index is 0.196. The summed E-state index contributed by atoms with van der Waals surface area (Å²) < 4.78 is 0.196. The quantitative estimate of drug-likeness (QED) is 0.558. The van der Waals surface area contributed by atoms with Gasteiger partial charge in [-0.2, -0.15) is 0 Å². The summed E-state index contributed by atoms with van der Waals surface area (Å²) in [4.78, 5) is 0. The number of halogens is 4. The molecule has 0 aromatic rings. The summed E-state index contributed by atoms with van der Waals surface area (Å²) in [5, 5.41) is 0. The third kappa shape index (κ3) is 3.61. The first-order valence-electron chi connectivity index (χ1n) is 3.48. The molecule has 0 aromatic carbocycles. The first kappa shape index (κ1) is 10.9. The second-order valence-corrected chi connectivity index (χ2v) is 30.8. The molecule has 0 aliphatic heterocycles. The molecular formula is C6H11Cl4Pt. The fourth-order valence-corrected chi connectivity index (χ4v) is 8.73. The van der Waals surface area contributed by atoms with Gasteiger partial charge in [0.2, 0.25) is 0 Å². The van der Waals surface area contributed by atoms with Gasteiger partial charge in [0, 0.05) is 0 Å². The molecule has 0 nitrogen and oxygen atoms in total. The predicted octanol–water partition coefficient (Wildman–Crippen LogP) is 5.04. The van der Waals surface area contributed by atoms with Gasteiger partial charge in [-0.25, -0.2) is 0 Å². The molecule has 0 atom stereocenters. The van der Waals surface area contributed by atoms with Crippen molar-refractivity contribution in [3.05, 3.63) is 0 Å². The molecule has 0 amide bonds. The van der Waals surface area contributed by atoms with Crippen molar-refractivity contribution in [2.75, 3.05) is 0 Å². The molecule has 11 heavy (non-hydrogen) atoms. The molecule has 1 saturated carbocycles. The average Bonchev–Trinajstić information content (AvgIpc) is 1.86. The van der Waals surface area contributed by atoms with E-state index in [4.69, 9.17) is 37.7 Å². The van der Waals surface area contributed by atoms with Crippen LogP contribution in [0.2, 0.25) is 4.31 Å². The third-order valence-electron chi connectivity index (χ3n) is 1.89. The van der Waals surface area contributed by atoms with E-state index in [-0.39, 0.29) is 4.31 Å². The molecule has 1 aliphatic carbocycles. The van der Waals surface area contributed by atoms with Crippen molar-refractivity contribution in [3.63, 3.8) is 0 Å². The van der Waals surface area contributed by atoms with E-state index in [9.17, 15) is 0 Å². The van der Waals surface area contributed by atoms with Crippen LogP contribution in [0.5, 0.6) is 0 Å². The van der Waals surface area contributed by atoms with Crippen molar-refractivity contribution in [3.8, 4) is 0 Å². The van der Waals surface area contributed by atoms with Gasteiger partial charge in [-0.3, -0.25) is 0 Å². The van der Waals surface area contributed by atoms with Crippen LogP contribution in [0.15, 0.2) is 0 Å². The van der Waals surface area contributed by atoms with E-state index in [1.54, 1.807) is 0 Å². The van der Waals surface area contributed by atoms with Gasteiger partial charge in [0.25, 0.3) is 0 Å². The molecule has 1 rings (SSSR count). The van der Waals surface area contributed by atoms with E-state index in [1.807, 2.05) is 0 Å². The maximum atomic E-state index is 5.95. The van der Waals surface area contributed by atoms with E-state index in [0.717, 1.165) is 12.8 Å². The maximum absolute atomic E-state index is 5.95. The van der Waals surface area contributed by atoms with E-state index < -0.39 is 10.6 Å². The Morgan fingerprint density at radius 2 is 1.27 bits per heavy atom. The Bertz CT molecular complexity index is 135. The van der Waals surface area contributed by atoms with Crippen molar-refractivity contribution in [1.82, 2.24) is 0 Å². The molecular weight excluding hydrogens is 409 g/mol. The Morgan fingerprint density at radius 3 is 1.55 bits per heavy atom. The van der Waals surface area contributed by atoms with Crippen LogP contribution in [0.3, 0.4) is 0 Å². The molecule has 5 heteroatoms. The van der Waals surface area contributed by atoms with Gasteiger partial charge in [0.05, 0.1) is 0 Å². The first-order chi connectivity index (χ1) is 4.86. The third-order valence-corrected chi connectivity index (χ3v) is 12.4. The van der Waals surface area contributed by atoms with Gasteiger partial charge in [-0.05, 0) is 0 Å².